The molecule has 0 radical (unpaired) electrons. The van der Waals surface area contributed by atoms with Gasteiger partial charge in [0.1, 0.15) is 5.56 Å². The number of methoxy groups -OCH3 is 1. The van der Waals surface area contributed by atoms with E-state index in [0.29, 0.717) is 6.61 Å². The van der Waals surface area contributed by atoms with Crippen molar-refractivity contribution in [3.8, 4) is 11.5 Å². The van der Waals surface area contributed by atoms with Crippen LogP contribution in [0.3, 0.4) is 0 Å². The van der Waals surface area contributed by atoms with Gasteiger partial charge in [-0.2, -0.15) is 0 Å². The number of hydrogen-bond acceptors (Lipinski definition) is 5. The molecule has 132 valence electrons. The number of ether oxygens (including phenoxy) is 2. The summed E-state index contributed by atoms with van der Waals surface area (Å²) in [5, 5.41) is 14.0. The van der Waals surface area contributed by atoms with E-state index in [2.05, 4.69) is 5.32 Å². The Morgan fingerprint density at radius 2 is 2.00 bits per heavy atom. The average molecular weight is 344 g/mol. The predicted octanol–water partition coefficient (Wildman–Crippen LogP) is 3.24. The number of carbonyl (C=O) groups is 1. The maximum absolute atomic E-state index is 12.5. The molecule has 7 heteroatoms. The molecule has 0 spiro atoms. The Morgan fingerprint density at radius 3 is 2.60 bits per heavy atom. The number of carbonyl (C=O) groups excluding carboxylic acids is 1. The molecule has 0 fully saturated rings. The smallest absolute Gasteiger partial charge is 0.286 e. The molecule has 0 saturated heterocycles. The summed E-state index contributed by atoms with van der Waals surface area (Å²) in [4.78, 5) is 23.2. The summed E-state index contributed by atoms with van der Waals surface area (Å²) in [5.74, 6) is -0.0445. The standard InChI is InChI=1S/C18H20N2O5/c1-4-25-17-9-14(15(20(22)23)10-16(17)24-3)18(21)19-11-13-7-5-6-12(2)8-13/h5-10H,4,11H2,1-3H3,(H,19,21). The number of hydrogen-bond donors (Lipinski definition) is 1. The van der Waals surface area contributed by atoms with Crippen molar-refractivity contribution in [3.63, 3.8) is 0 Å². The Balaban J connectivity index is 2.30. The summed E-state index contributed by atoms with van der Waals surface area (Å²) in [6.07, 6.45) is 0. The van der Waals surface area contributed by atoms with Crippen LogP contribution in [0.4, 0.5) is 5.69 Å². The lowest BCUT2D eigenvalue weighted by molar-refractivity contribution is -0.385. The van der Waals surface area contributed by atoms with Gasteiger partial charge in [0.25, 0.3) is 11.6 Å². The third-order valence-electron chi connectivity index (χ3n) is 3.56. The number of rotatable bonds is 7. The summed E-state index contributed by atoms with van der Waals surface area (Å²) < 4.78 is 10.5. The lowest BCUT2D eigenvalue weighted by atomic mass is 10.1. The van der Waals surface area contributed by atoms with Crippen molar-refractivity contribution in [2.24, 2.45) is 0 Å². The molecule has 2 rings (SSSR count). The molecule has 2 aromatic rings. The van der Waals surface area contributed by atoms with E-state index in [-0.39, 0.29) is 29.3 Å². The Bertz CT molecular complexity index is 789. The number of nitro benzene ring substituents is 1. The lowest BCUT2D eigenvalue weighted by Gasteiger charge is -2.12. The van der Waals surface area contributed by atoms with Gasteiger partial charge in [0.05, 0.1) is 24.7 Å². The first-order valence-electron chi connectivity index (χ1n) is 7.79. The molecule has 0 atom stereocenters. The van der Waals surface area contributed by atoms with Crippen LogP contribution in [0.25, 0.3) is 0 Å². The monoisotopic (exact) mass is 344 g/mol. The number of nitrogens with one attached hydrogen (secondary N) is 1. The van der Waals surface area contributed by atoms with Crippen LogP contribution >= 0.6 is 0 Å². The van der Waals surface area contributed by atoms with Crippen LogP contribution in [0, 0.1) is 17.0 Å². The van der Waals surface area contributed by atoms with Crippen LogP contribution in [0.5, 0.6) is 11.5 Å². The van der Waals surface area contributed by atoms with Crippen LogP contribution in [0.2, 0.25) is 0 Å². The topological polar surface area (TPSA) is 90.7 Å². The first kappa shape index (κ1) is 18.3. The van der Waals surface area contributed by atoms with E-state index >= 15 is 0 Å². The van der Waals surface area contributed by atoms with Gasteiger partial charge in [-0.15, -0.1) is 0 Å². The van der Waals surface area contributed by atoms with Gasteiger partial charge in [-0.3, -0.25) is 14.9 Å². The molecule has 1 amide bonds. The second-order valence-corrected chi connectivity index (χ2v) is 5.38. The van der Waals surface area contributed by atoms with Crippen LogP contribution in [-0.2, 0) is 6.54 Å². The van der Waals surface area contributed by atoms with Crippen LogP contribution in [0.15, 0.2) is 36.4 Å². The molecule has 0 saturated carbocycles. The van der Waals surface area contributed by atoms with Gasteiger partial charge in [0.15, 0.2) is 11.5 Å². The van der Waals surface area contributed by atoms with Crippen molar-refractivity contribution < 1.29 is 19.2 Å². The highest BCUT2D eigenvalue weighted by atomic mass is 16.6. The lowest BCUT2D eigenvalue weighted by Crippen LogP contribution is -2.24. The maximum Gasteiger partial charge on any atom is 0.286 e. The fourth-order valence-electron chi connectivity index (χ4n) is 2.41. The van der Waals surface area contributed by atoms with Crippen LogP contribution in [0.1, 0.15) is 28.4 Å². The summed E-state index contributed by atoms with van der Waals surface area (Å²) in [7, 11) is 1.39. The predicted molar refractivity (Wildman–Crippen MR) is 93.2 cm³/mol. The molecular weight excluding hydrogens is 324 g/mol. The van der Waals surface area contributed by atoms with E-state index in [1.165, 1.54) is 19.2 Å². The minimum absolute atomic E-state index is 0.0677. The van der Waals surface area contributed by atoms with E-state index in [1.807, 2.05) is 31.2 Å². The molecule has 0 unspecified atom stereocenters. The second-order valence-electron chi connectivity index (χ2n) is 5.38. The molecule has 0 heterocycles. The molecule has 0 aliphatic rings. The van der Waals surface area contributed by atoms with Crippen molar-refractivity contribution in [1.29, 1.82) is 0 Å². The SMILES string of the molecule is CCOc1cc(C(=O)NCc2cccc(C)c2)c([N+](=O)[O-])cc1OC. The zero-order valence-electron chi connectivity index (χ0n) is 14.4. The molecular formula is C18H20N2O5. The highest BCUT2D eigenvalue weighted by molar-refractivity contribution is 5.99. The molecule has 0 aromatic heterocycles. The van der Waals surface area contributed by atoms with E-state index in [0.717, 1.165) is 11.1 Å². The molecule has 0 aliphatic carbocycles. The number of amides is 1. The highest BCUT2D eigenvalue weighted by Gasteiger charge is 2.24. The van der Waals surface area contributed by atoms with Gasteiger partial charge in [-0.05, 0) is 19.4 Å². The quantitative estimate of drug-likeness (QED) is 0.615. The molecule has 0 bridgehead atoms. The molecule has 0 aliphatic heterocycles. The fourth-order valence-corrected chi connectivity index (χ4v) is 2.41. The third-order valence-corrected chi connectivity index (χ3v) is 3.56. The van der Waals surface area contributed by atoms with Crippen molar-refractivity contribution in [2.75, 3.05) is 13.7 Å². The van der Waals surface area contributed by atoms with Crippen LogP contribution in [-0.4, -0.2) is 24.5 Å². The fraction of sp³-hybridized carbons (Fsp3) is 0.278. The van der Waals surface area contributed by atoms with Crippen molar-refractivity contribution in [2.45, 2.75) is 20.4 Å². The van der Waals surface area contributed by atoms with Crippen molar-refractivity contribution in [3.05, 3.63) is 63.2 Å². The van der Waals surface area contributed by atoms with Crippen molar-refractivity contribution in [1.82, 2.24) is 5.32 Å². The van der Waals surface area contributed by atoms with E-state index < -0.39 is 10.8 Å². The minimum atomic E-state index is -0.611. The number of nitrogens with zero attached hydrogens (tertiary/aromatic N) is 1. The normalized spacial score (nSPS) is 10.2. The molecule has 25 heavy (non-hydrogen) atoms. The number of nitro groups is 1. The van der Waals surface area contributed by atoms with Gasteiger partial charge in [0.2, 0.25) is 0 Å². The maximum atomic E-state index is 12.5. The van der Waals surface area contributed by atoms with Gasteiger partial charge >= 0.3 is 0 Å². The zero-order valence-corrected chi connectivity index (χ0v) is 14.4. The summed E-state index contributed by atoms with van der Waals surface area (Å²) in [6.45, 7) is 4.35. The number of benzene rings is 2. The summed E-state index contributed by atoms with van der Waals surface area (Å²) in [5.41, 5.74) is 1.58. The van der Waals surface area contributed by atoms with Gasteiger partial charge < -0.3 is 14.8 Å². The summed E-state index contributed by atoms with van der Waals surface area (Å²) >= 11 is 0. The third kappa shape index (κ3) is 4.47. The van der Waals surface area contributed by atoms with E-state index in [1.54, 1.807) is 6.92 Å². The first-order chi connectivity index (χ1) is 12.0. The average Bonchev–Trinajstić information content (AvgIpc) is 2.59. The van der Waals surface area contributed by atoms with E-state index in [9.17, 15) is 14.9 Å². The Labute approximate surface area is 145 Å². The first-order valence-corrected chi connectivity index (χ1v) is 7.79. The molecule has 1 N–H and O–H groups in total. The highest BCUT2D eigenvalue weighted by Crippen LogP contribution is 2.34. The molecule has 7 nitrogen and oxygen atoms in total. The molecule has 2 aromatic carbocycles. The Hall–Kier alpha value is -3.09. The minimum Gasteiger partial charge on any atom is -0.493 e. The largest absolute Gasteiger partial charge is 0.493 e. The zero-order chi connectivity index (χ0) is 18.4. The van der Waals surface area contributed by atoms with Gasteiger partial charge in [-0.25, -0.2) is 0 Å². The van der Waals surface area contributed by atoms with Gasteiger partial charge in [0, 0.05) is 12.6 Å². The van der Waals surface area contributed by atoms with Crippen molar-refractivity contribution >= 4 is 11.6 Å². The summed E-state index contributed by atoms with van der Waals surface area (Å²) in [6, 6.07) is 10.2. The van der Waals surface area contributed by atoms with E-state index in [4.69, 9.17) is 9.47 Å². The Kier molecular flexibility index (Phi) is 5.94. The second kappa shape index (κ2) is 8.14. The number of aryl methyl sites for hydroxylation is 1. The van der Waals surface area contributed by atoms with Crippen LogP contribution < -0.4 is 14.8 Å². The Morgan fingerprint density at radius 1 is 1.24 bits per heavy atom. The van der Waals surface area contributed by atoms with Gasteiger partial charge in [-0.1, -0.05) is 29.8 Å².